The highest BCUT2D eigenvalue weighted by Crippen LogP contribution is 2.24. The number of aromatic nitrogens is 1. The van der Waals surface area contributed by atoms with Crippen LogP contribution in [0, 0.1) is 13.8 Å². The zero-order valence-electron chi connectivity index (χ0n) is 11.4. The molecule has 0 amide bonds. The summed E-state index contributed by atoms with van der Waals surface area (Å²) in [5.41, 5.74) is 3.49. The minimum atomic E-state index is 0.539. The molecule has 1 rings (SSSR count). The molecule has 2 nitrogen and oxygen atoms in total. The fraction of sp³-hybridized carbons (Fsp3) is 0.643. The minimum Gasteiger partial charge on any atom is -0.357 e. The Morgan fingerprint density at radius 2 is 2.00 bits per heavy atom. The lowest BCUT2D eigenvalue weighted by Crippen LogP contribution is -2.26. The summed E-state index contributed by atoms with van der Waals surface area (Å²) < 4.78 is 0. The Morgan fingerprint density at radius 1 is 1.29 bits per heavy atom. The van der Waals surface area contributed by atoms with Crippen molar-refractivity contribution in [2.45, 2.75) is 46.4 Å². The number of nitrogens with zero attached hydrogens (tertiary/aromatic N) is 2. The van der Waals surface area contributed by atoms with Crippen LogP contribution in [-0.2, 0) is 5.88 Å². The normalized spacial score (nSPS) is 10.6. The molecule has 1 aromatic heterocycles. The van der Waals surface area contributed by atoms with Crippen LogP contribution >= 0.6 is 11.6 Å². The van der Waals surface area contributed by atoms with Gasteiger partial charge >= 0.3 is 0 Å². The third-order valence-corrected chi connectivity index (χ3v) is 3.32. The van der Waals surface area contributed by atoms with Crippen LogP contribution in [0.2, 0.25) is 0 Å². The number of pyridine rings is 1. The average molecular weight is 255 g/mol. The van der Waals surface area contributed by atoms with E-state index in [1.165, 1.54) is 24.0 Å². The van der Waals surface area contributed by atoms with Gasteiger partial charge in [-0.25, -0.2) is 4.98 Å². The molecule has 0 radical (unpaired) electrons. The molecule has 1 aromatic rings. The summed E-state index contributed by atoms with van der Waals surface area (Å²) in [6, 6.07) is 2.11. The van der Waals surface area contributed by atoms with Crippen molar-refractivity contribution in [3.63, 3.8) is 0 Å². The van der Waals surface area contributed by atoms with Crippen molar-refractivity contribution in [1.29, 1.82) is 0 Å². The van der Waals surface area contributed by atoms with E-state index < -0.39 is 0 Å². The number of hydrogen-bond donors (Lipinski definition) is 0. The summed E-state index contributed by atoms with van der Waals surface area (Å²) >= 11 is 6.06. The molecule has 0 aromatic carbocycles. The Labute approximate surface area is 110 Å². The molecule has 0 N–H and O–H groups in total. The second-order valence-corrected chi connectivity index (χ2v) is 4.72. The Bertz CT molecular complexity index is 363. The van der Waals surface area contributed by atoms with Crippen LogP contribution in [0.4, 0.5) is 5.82 Å². The van der Waals surface area contributed by atoms with Crippen LogP contribution in [0.5, 0.6) is 0 Å². The first-order chi connectivity index (χ1) is 8.13. The van der Waals surface area contributed by atoms with Gasteiger partial charge in [0, 0.05) is 24.3 Å². The smallest absolute Gasteiger partial charge is 0.133 e. The first kappa shape index (κ1) is 14.3. The fourth-order valence-electron chi connectivity index (χ4n) is 2.03. The third-order valence-electron chi connectivity index (χ3n) is 3.05. The molecule has 96 valence electrons. The van der Waals surface area contributed by atoms with E-state index in [0.717, 1.165) is 24.6 Å². The Kier molecular flexibility index (Phi) is 5.76. The van der Waals surface area contributed by atoms with Crippen LogP contribution in [0.1, 0.15) is 43.5 Å². The Hall–Kier alpha value is -0.760. The zero-order valence-corrected chi connectivity index (χ0v) is 12.1. The van der Waals surface area contributed by atoms with Crippen molar-refractivity contribution in [2.75, 3.05) is 18.0 Å². The van der Waals surface area contributed by atoms with Gasteiger partial charge in [-0.2, -0.15) is 0 Å². The molecule has 0 aliphatic carbocycles. The quantitative estimate of drug-likeness (QED) is 0.712. The fourth-order valence-corrected chi connectivity index (χ4v) is 2.36. The maximum atomic E-state index is 6.06. The summed E-state index contributed by atoms with van der Waals surface area (Å²) in [6.45, 7) is 10.6. The van der Waals surface area contributed by atoms with E-state index in [4.69, 9.17) is 11.6 Å². The van der Waals surface area contributed by atoms with Crippen molar-refractivity contribution in [2.24, 2.45) is 0 Å². The van der Waals surface area contributed by atoms with Gasteiger partial charge in [-0.1, -0.05) is 13.3 Å². The molecule has 0 bridgehead atoms. The molecule has 0 fully saturated rings. The predicted octanol–water partition coefficient (Wildman–Crippen LogP) is 4.06. The van der Waals surface area contributed by atoms with Gasteiger partial charge in [0.15, 0.2) is 0 Å². The lowest BCUT2D eigenvalue weighted by atomic mass is 10.1. The van der Waals surface area contributed by atoms with Gasteiger partial charge in [0.1, 0.15) is 5.82 Å². The number of halogens is 1. The summed E-state index contributed by atoms with van der Waals surface area (Å²) in [4.78, 5) is 7.00. The maximum absolute atomic E-state index is 6.06. The van der Waals surface area contributed by atoms with Gasteiger partial charge in [-0.15, -0.1) is 11.6 Å². The third kappa shape index (κ3) is 3.60. The first-order valence-electron chi connectivity index (χ1n) is 6.42. The van der Waals surface area contributed by atoms with Gasteiger partial charge in [0.05, 0.1) is 5.88 Å². The van der Waals surface area contributed by atoms with Crippen LogP contribution in [0.25, 0.3) is 0 Å². The summed E-state index contributed by atoms with van der Waals surface area (Å²) in [6.07, 6.45) is 2.40. The number of alkyl halides is 1. The molecule has 0 aliphatic heterocycles. The van der Waals surface area contributed by atoms with Crippen LogP contribution in [0.3, 0.4) is 0 Å². The number of rotatable bonds is 6. The molecule has 0 saturated carbocycles. The number of anilines is 1. The molecule has 0 saturated heterocycles. The highest BCUT2D eigenvalue weighted by atomic mass is 35.5. The van der Waals surface area contributed by atoms with E-state index in [2.05, 4.69) is 36.7 Å². The minimum absolute atomic E-state index is 0.539. The molecule has 0 aliphatic rings. The van der Waals surface area contributed by atoms with Crippen LogP contribution in [0.15, 0.2) is 6.07 Å². The second kappa shape index (κ2) is 6.85. The lowest BCUT2D eigenvalue weighted by Gasteiger charge is -2.25. The molecular formula is C14H23ClN2. The van der Waals surface area contributed by atoms with E-state index in [0.29, 0.717) is 5.88 Å². The summed E-state index contributed by atoms with van der Waals surface area (Å²) in [5.74, 6) is 1.62. The molecule has 17 heavy (non-hydrogen) atoms. The highest BCUT2D eigenvalue weighted by Gasteiger charge is 2.13. The highest BCUT2D eigenvalue weighted by molar-refractivity contribution is 6.17. The monoisotopic (exact) mass is 254 g/mol. The molecule has 0 atom stereocenters. The van der Waals surface area contributed by atoms with Crippen molar-refractivity contribution < 1.29 is 0 Å². The van der Waals surface area contributed by atoms with Crippen LogP contribution in [-0.4, -0.2) is 18.1 Å². The topological polar surface area (TPSA) is 16.1 Å². The van der Waals surface area contributed by atoms with Crippen LogP contribution < -0.4 is 4.90 Å². The van der Waals surface area contributed by atoms with E-state index in [9.17, 15) is 0 Å². The number of unbranched alkanes of at least 4 members (excludes halogenated alkanes) is 1. The standard InChI is InChI=1S/C14H23ClN2/c1-5-7-8-17(6-2)14-13(10-15)11(3)9-12(4)16-14/h9H,5-8,10H2,1-4H3. The van der Waals surface area contributed by atoms with E-state index in [-0.39, 0.29) is 0 Å². The summed E-state index contributed by atoms with van der Waals surface area (Å²) in [7, 11) is 0. The predicted molar refractivity (Wildman–Crippen MR) is 76.1 cm³/mol. The maximum Gasteiger partial charge on any atom is 0.133 e. The van der Waals surface area contributed by atoms with Gasteiger partial charge in [0.2, 0.25) is 0 Å². The molecule has 0 unspecified atom stereocenters. The number of hydrogen-bond acceptors (Lipinski definition) is 2. The SMILES string of the molecule is CCCCN(CC)c1nc(C)cc(C)c1CCl. The largest absolute Gasteiger partial charge is 0.357 e. The van der Waals surface area contributed by atoms with Gasteiger partial charge < -0.3 is 4.90 Å². The average Bonchev–Trinajstić information content (AvgIpc) is 2.29. The molecular weight excluding hydrogens is 232 g/mol. The lowest BCUT2D eigenvalue weighted by molar-refractivity contribution is 0.720. The van der Waals surface area contributed by atoms with Crippen molar-refractivity contribution in [3.8, 4) is 0 Å². The van der Waals surface area contributed by atoms with Crippen molar-refractivity contribution in [1.82, 2.24) is 4.98 Å². The van der Waals surface area contributed by atoms with Crippen molar-refractivity contribution >= 4 is 17.4 Å². The van der Waals surface area contributed by atoms with Gasteiger partial charge in [-0.05, 0) is 38.8 Å². The Morgan fingerprint density at radius 3 is 2.53 bits per heavy atom. The van der Waals surface area contributed by atoms with Gasteiger partial charge in [0.25, 0.3) is 0 Å². The van der Waals surface area contributed by atoms with Crippen molar-refractivity contribution in [3.05, 3.63) is 22.9 Å². The molecule has 0 spiro atoms. The van der Waals surface area contributed by atoms with Gasteiger partial charge in [-0.3, -0.25) is 0 Å². The van der Waals surface area contributed by atoms with E-state index in [1.807, 2.05) is 6.92 Å². The second-order valence-electron chi connectivity index (χ2n) is 4.45. The summed E-state index contributed by atoms with van der Waals surface area (Å²) in [5, 5.41) is 0. The molecule has 1 heterocycles. The van der Waals surface area contributed by atoms with E-state index in [1.54, 1.807) is 0 Å². The Balaban J connectivity index is 3.07. The molecule has 3 heteroatoms. The van der Waals surface area contributed by atoms with E-state index >= 15 is 0 Å². The number of aryl methyl sites for hydroxylation is 2. The zero-order chi connectivity index (χ0) is 12.8. The first-order valence-corrected chi connectivity index (χ1v) is 6.95.